The fraction of sp³-hybridized carbons (Fsp3) is 0.333. The molecule has 0 saturated heterocycles. The molecule has 0 spiro atoms. The first-order valence-corrected chi connectivity index (χ1v) is 4.18. The third-order valence-electron chi connectivity index (χ3n) is 2.00. The molecule has 0 radical (unpaired) electrons. The van der Waals surface area contributed by atoms with E-state index in [0.717, 1.165) is 0 Å². The van der Waals surface area contributed by atoms with Gasteiger partial charge in [-0.1, -0.05) is 0 Å². The van der Waals surface area contributed by atoms with Gasteiger partial charge in [-0.05, 0) is 12.1 Å². The van der Waals surface area contributed by atoms with Gasteiger partial charge >= 0.3 is 12.4 Å². The molecule has 0 aliphatic heterocycles. The summed E-state index contributed by atoms with van der Waals surface area (Å²) in [4.78, 5) is 0. The number of alkyl halides is 6. The molecule has 1 aromatic rings. The van der Waals surface area contributed by atoms with Crippen molar-refractivity contribution in [3.05, 3.63) is 28.8 Å². The van der Waals surface area contributed by atoms with Gasteiger partial charge in [0.15, 0.2) is 0 Å². The van der Waals surface area contributed by atoms with E-state index in [4.69, 9.17) is 10.2 Å². The molecule has 0 aromatic heterocycles. The SMILES string of the molecule is OCc1cc(C(F)(F)F)c(C(F)(F)F)cc1O. The van der Waals surface area contributed by atoms with E-state index in [9.17, 15) is 26.3 Å². The summed E-state index contributed by atoms with van der Waals surface area (Å²) in [6.45, 7) is -0.993. The van der Waals surface area contributed by atoms with Gasteiger partial charge < -0.3 is 10.2 Å². The van der Waals surface area contributed by atoms with Crippen LogP contribution < -0.4 is 0 Å². The lowest BCUT2D eigenvalue weighted by atomic mass is 10.0. The fourth-order valence-electron chi connectivity index (χ4n) is 1.23. The van der Waals surface area contributed by atoms with Crippen LogP contribution in [0.1, 0.15) is 16.7 Å². The van der Waals surface area contributed by atoms with Crippen LogP contribution in [0.3, 0.4) is 0 Å². The lowest BCUT2D eigenvalue weighted by Gasteiger charge is -2.17. The van der Waals surface area contributed by atoms with Gasteiger partial charge in [0.2, 0.25) is 0 Å². The molecule has 96 valence electrons. The van der Waals surface area contributed by atoms with Crippen LogP contribution >= 0.6 is 0 Å². The molecule has 0 aliphatic carbocycles. The van der Waals surface area contributed by atoms with Crippen LogP contribution in [0.5, 0.6) is 5.75 Å². The summed E-state index contributed by atoms with van der Waals surface area (Å²) in [5.74, 6) is -1.03. The number of aromatic hydroxyl groups is 1. The lowest BCUT2D eigenvalue weighted by molar-refractivity contribution is -0.162. The smallest absolute Gasteiger partial charge is 0.417 e. The van der Waals surface area contributed by atoms with E-state index >= 15 is 0 Å². The Morgan fingerprint density at radius 2 is 1.29 bits per heavy atom. The maximum Gasteiger partial charge on any atom is 0.417 e. The number of aliphatic hydroxyl groups excluding tert-OH is 1. The second kappa shape index (κ2) is 4.10. The number of hydrogen-bond acceptors (Lipinski definition) is 2. The highest BCUT2D eigenvalue weighted by atomic mass is 19.4. The van der Waals surface area contributed by atoms with E-state index in [-0.39, 0.29) is 12.1 Å². The van der Waals surface area contributed by atoms with Gasteiger partial charge in [0.1, 0.15) is 5.75 Å². The molecule has 1 rings (SSSR count). The minimum atomic E-state index is -5.24. The summed E-state index contributed by atoms with van der Waals surface area (Å²) in [6.07, 6.45) is -10.5. The first kappa shape index (κ1) is 13.6. The summed E-state index contributed by atoms with van der Waals surface area (Å²) in [5, 5.41) is 17.6. The first-order chi connectivity index (χ1) is 7.57. The maximum atomic E-state index is 12.4. The van der Waals surface area contributed by atoms with Crippen LogP contribution in [0.15, 0.2) is 12.1 Å². The zero-order valence-electron chi connectivity index (χ0n) is 8.02. The van der Waals surface area contributed by atoms with E-state index < -0.39 is 41.4 Å². The molecule has 0 aliphatic rings. The van der Waals surface area contributed by atoms with Crippen molar-refractivity contribution in [1.82, 2.24) is 0 Å². The summed E-state index contributed by atoms with van der Waals surface area (Å²) < 4.78 is 74.1. The largest absolute Gasteiger partial charge is 0.508 e. The maximum absolute atomic E-state index is 12.4. The number of halogens is 6. The van der Waals surface area contributed by atoms with Gasteiger partial charge in [-0.2, -0.15) is 26.3 Å². The van der Waals surface area contributed by atoms with Crippen molar-refractivity contribution in [2.24, 2.45) is 0 Å². The normalized spacial score (nSPS) is 12.9. The molecule has 2 N–H and O–H groups in total. The van der Waals surface area contributed by atoms with Crippen molar-refractivity contribution in [2.75, 3.05) is 0 Å². The summed E-state index contributed by atoms with van der Waals surface area (Å²) in [7, 11) is 0. The van der Waals surface area contributed by atoms with Gasteiger partial charge in [0.05, 0.1) is 17.7 Å². The Kier molecular flexibility index (Phi) is 3.28. The van der Waals surface area contributed by atoms with Crippen LogP contribution in [-0.2, 0) is 19.0 Å². The van der Waals surface area contributed by atoms with Crippen LogP contribution in [0.2, 0.25) is 0 Å². The van der Waals surface area contributed by atoms with E-state index in [1.807, 2.05) is 0 Å². The van der Waals surface area contributed by atoms with Crippen molar-refractivity contribution in [3.8, 4) is 5.75 Å². The minimum Gasteiger partial charge on any atom is -0.508 e. The topological polar surface area (TPSA) is 40.5 Å². The summed E-state index contributed by atoms with van der Waals surface area (Å²) in [6, 6.07) is 0.0343. The zero-order chi connectivity index (χ0) is 13.4. The van der Waals surface area contributed by atoms with Crippen LogP contribution in [0.25, 0.3) is 0 Å². The van der Waals surface area contributed by atoms with Crippen LogP contribution in [-0.4, -0.2) is 10.2 Å². The molecule has 0 atom stereocenters. The van der Waals surface area contributed by atoms with Crippen molar-refractivity contribution in [1.29, 1.82) is 0 Å². The molecule has 0 fully saturated rings. The molecule has 0 unspecified atom stereocenters. The number of aliphatic hydroxyl groups is 1. The second-order valence-corrected chi connectivity index (χ2v) is 3.18. The average molecular weight is 260 g/mol. The first-order valence-electron chi connectivity index (χ1n) is 4.18. The zero-order valence-corrected chi connectivity index (χ0v) is 8.02. The molecule has 2 nitrogen and oxygen atoms in total. The Morgan fingerprint density at radius 1 is 0.882 bits per heavy atom. The Hall–Kier alpha value is -1.44. The third-order valence-corrected chi connectivity index (χ3v) is 2.00. The standard InChI is InChI=1S/C9H6F6O2/c10-8(11,12)5-1-4(3-16)7(17)2-6(5)9(13,14)15/h1-2,16-17H,3H2. The Labute approximate surface area is 91.1 Å². The highest BCUT2D eigenvalue weighted by Crippen LogP contribution is 2.42. The number of phenols is 1. The molecule has 17 heavy (non-hydrogen) atoms. The van der Waals surface area contributed by atoms with Crippen LogP contribution in [0, 0.1) is 0 Å². The summed E-state index contributed by atoms with van der Waals surface area (Å²) >= 11 is 0. The van der Waals surface area contributed by atoms with Gasteiger partial charge in [-0.15, -0.1) is 0 Å². The Morgan fingerprint density at radius 3 is 1.65 bits per heavy atom. The molecule has 1 aromatic carbocycles. The van der Waals surface area contributed by atoms with Crippen LogP contribution in [0.4, 0.5) is 26.3 Å². The highest BCUT2D eigenvalue weighted by molar-refractivity contribution is 5.44. The van der Waals surface area contributed by atoms with E-state index in [1.54, 1.807) is 0 Å². The number of rotatable bonds is 1. The Balaban J connectivity index is 3.54. The predicted molar refractivity (Wildman–Crippen MR) is 44.0 cm³/mol. The minimum absolute atomic E-state index is 0.0472. The Bertz CT molecular complexity index is 421. The van der Waals surface area contributed by atoms with E-state index in [1.165, 1.54) is 0 Å². The highest BCUT2D eigenvalue weighted by Gasteiger charge is 2.43. The van der Waals surface area contributed by atoms with Gasteiger partial charge in [0, 0.05) is 5.56 Å². The van der Waals surface area contributed by atoms with E-state index in [0.29, 0.717) is 0 Å². The monoisotopic (exact) mass is 260 g/mol. The molecular weight excluding hydrogens is 254 g/mol. The molecule has 0 amide bonds. The molecule has 8 heteroatoms. The quantitative estimate of drug-likeness (QED) is 0.762. The number of benzene rings is 1. The number of hydrogen-bond donors (Lipinski definition) is 2. The fourth-order valence-corrected chi connectivity index (χ4v) is 1.23. The van der Waals surface area contributed by atoms with Crippen molar-refractivity contribution in [2.45, 2.75) is 19.0 Å². The second-order valence-electron chi connectivity index (χ2n) is 3.18. The molecule has 0 bridgehead atoms. The third kappa shape index (κ3) is 2.82. The lowest BCUT2D eigenvalue weighted by Crippen LogP contribution is -2.17. The summed E-state index contributed by atoms with van der Waals surface area (Å²) in [5.41, 5.74) is -4.54. The molecule has 0 heterocycles. The van der Waals surface area contributed by atoms with Gasteiger partial charge in [-0.3, -0.25) is 0 Å². The van der Waals surface area contributed by atoms with Crippen molar-refractivity contribution >= 4 is 0 Å². The van der Waals surface area contributed by atoms with Gasteiger partial charge in [0.25, 0.3) is 0 Å². The van der Waals surface area contributed by atoms with E-state index in [2.05, 4.69) is 0 Å². The molecular formula is C9H6F6O2. The van der Waals surface area contributed by atoms with Crippen molar-refractivity contribution in [3.63, 3.8) is 0 Å². The van der Waals surface area contributed by atoms with Gasteiger partial charge in [-0.25, -0.2) is 0 Å². The molecule has 0 saturated carbocycles. The van der Waals surface area contributed by atoms with Crippen molar-refractivity contribution < 1.29 is 36.6 Å². The predicted octanol–water partition coefficient (Wildman–Crippen LogP) is 2.92. The average Bonchev–Trinajstić information content (AvgIpc) is 2.14.